The highest BCUT2D eigenvalue weighted by Crippen LogP contribution is 2.69. The van der Waals surface area contributed by atoms with Crippen LogP contribution in [0.25, 0.3) is 0 Å². The lowest BCUT2D eigenvalue weighted by Crippen LogP contribution is -2.58. The number of esters is 1. The van der Waals surface area contributed by atoms with Gasteiger partial charge < -0.3 is 14.2 Å². The van der Waals surface area contributed by atoms with Crippen molar-refractivity contribution in [2.45, 2.75) is 97.2 Å². The third-order valence-electron chi connectivity index (χ3n) is 12.2. The molecule has 5 fully saturated rings. The van der Waals surface area contributed by atoms with Gasteiger partial charge in [0.05, 0.1) is 25.4 Å². The Bertz CT molecular complexity index is 954. The molecule has 1 spiro atoms. The topological polar surface area (TPSA) is 44.8 Å². The van der Waals surface area contributed by atoms with Gasteiger partial charge in [-0.15, -0.1) is 0 Å². The van der Waals surface area contributed by atoms with E-state index in [4.69, 9.17) is 14.2 Å². The third-order valence-corrected chi connectivity index (χ3v) is 12.2. The predicted molar refractivity (Wildman–Crippen MR) is 145 cm³/mol. The summed E-state index contributed by atoms with van der Waals surface area (Å²) in [5.74, 6) is 4.57. The highest BCUT2D eigenvalue weighted by atomic mass is 16.7. The van der Waals surface area contributed by atoms with Gasteiger partial charge in [0.25, 0.3) is 0 Å². The Morgan fingerprint density at radius 3 is 2.49 bits per heavy atom. The summed E-state index contributed by atoms with van der Waals surface area (Å²) in [6, 6.07) is 9.36. The molecule has 1 aromatic rings. The van der Waals surface area contributed by atoms with E-state index in [1.54, 1.807) is 0 Å². The lowest BCUT2D eigenvalue weighted by atomic mass is 9.42. The molecule has 4 nitrogen and oxygen atoms in total. The normalized spacial score (nSPS) is 42.1. The SMILES string of the molecule is CC1C[C@H]2CC3(CC[C@]2(C)C2CC[C@@]4(C)C(CC[C@@H]4CCCCOC(=O)c4ccccc4)C12)OCCO3. The third kappa shape index (κ3) is 4.48. The van der Waals surface area contributed by atoms with Gasteiger partial charge in [-0.3, -0.25) is 0 Å². The molecule has 0 N–H and O–H groups in total. The van der Waals surface area contributed by atoms with Crippen molar-refractivity contribution in [3.05, 3.63) is 35.9 Å². The summed E-state index contributed by atoms with van der Waals surface area (Å²) in [7, 11) is 0. The molecule has 0 aromatic heterocycles. The van der Waals surface area contributed by atoms with E-state index < -0.39 is 0 Å². The van der Waals surface area contributed by atoms with Crippen LogP contribution in [-0.2, 0) is 14.2 Å². The standard InChI is InChI=1S/C33H48O4/c1-23-21-26-22-33(36-19-20-37-33)17-16-32(26,3)28-14-15-31(2)25(12-13-27(31)29(23)28)11-7-8-18-35-30(34)24-9-5-4-6-10-24/h4-6,9-10,23,25-29H,7-8,11-22H2,1-3H3/t23?,25-,26-,27?,28?,29?,31+,32-/m0/s1. The molecule has 1 heterocycles. The maximum atomic E-state index is 12.2. The first-order valence-electron chi connectivity index (χ1n) is 15.3. The highest BCUT2D eigenvalue weighted by Gasteiger charge is 2.63. The van der Waals surface area contributed by atoms with Gasteiger partial charge in [-0.25, -0.2) is 4.79 Å². The quantitative estimate of drug-likeness (QED) is 0.292. The van der Waals surface area contributed by atoms with E-state index in [1.165, 1.54) is 51.4 Å². The van der Waals surface area contributed by atoms with Crippen molar-refractivity contribution in [3.63, 3.8) is 0 Å². The van der Waals surface area contributed by atoms with Crippen LogP contribution in [0.4, 0.5) is 0 Å². The van der Waals surface area contributed by atoms with Crippen molar-refractivity contribution in [2.24, 2.45) is 46.3 Å². The van der Waals surface area contributed by atoms with E-state index in [9.17, 15) is 4.79 Å². The van der Waals surface area contributed by atoms with Crippen molar-refractivity contribution in [2.75, 3.05) is 19.8 Å². The zero-order valence-corrected chi connectivity index (χ0v) is 23.4. The Balaban J connectivity index is 1.05. The zero-order chi connectivity index (χ0) is 25.7. The number of carbonyl (C=O) groups is 1. The number of carbonyl (C=O) groups excluding carboxylic acids is 1. The maximum Gasteiger partial charge on any atom is 0.338 e. The number of benzene rings is 1. The second kappa shape index (κ2) is 9.97. The van der Waals surface area contributed by atoms with Crippen molar-refractivity contribution in [3.8, 4) is 0 Å². The van der Waals surface area contributed by atoms with Crippen LogP contribution in [0.5, 0.6) is 0 Å². The smallest absolute Gasteiger partial charge is 0.338 e. The van der Waals surface area contributed by atoms with Crippen molar-refractivity contribution in [1.29, 1.82) is 0 Å². The molecule has 4 saturated carbocycles. The molecule has 8 atom stereocenters. The predicted octanol–water partition coefficient (Wildman–Crippen LogP) is 7.66. The second-order valence-corrected chi connectivity index (χ2v) is 13.8. The Kier molecular flexibility index (Phi) is 6.97. The van der Waals surface area contributed by atoms with E-state index in [-0.39, 0.29) is 11.8 Å². The molecular formula is C33H48O4. The minimum Gasteiger partial charge on any atom is -0.462 e. The van der Waals surface area contributed by atoms with Crippen LogP contribution >= 0.6 is 0 Å². The van der Waals surface area contributed by atoms with Gasteiger partial charge in [-0.1, -0.05) is 39.0 Å². The van der Waals surface area contributed by atoms with Crippen molar-refractivity contribution in [1.82, 2.24) is 0 Å². The summed E-state index contributed by atoms with van der Waals surface area (Å²) < 4.78 is 17.9. The van der Waals surface area contributed by atoms with Crippen LogP contribution in [0.15, 0.2) is 30.3 Å². The molecule has 4 aliphatic carbocycles. The van der Waals surface area contributed by atoms with Gasteiger partial charge >= 0.3 is 5.97 Å². The first-order valence-corrected chi connectivity index (χ1v) is 15.3. The van der Waals surface area contributed by atoms with Gasteiger partial charge in [-0.05, 0) is 116 Å². The largest absolute Gasteiger partial charge is 0.462 e. The van der Waals surface area contributed by atoms with Crippen LogP contribution in [0.1, 0.15) is 102 Å². The highest BCUT2D eigenvalue weighted by molar-refractivity contribution is 5.89. The Labute approximate surface area is 224 Å². The fraction of sp³-hybridized carbons (Fsp3) is 0.788. The van der Waals surface area contributed by atoms with E-state index in [1.807, 2.05) is 30.3 Å². The first kappa shape index (κ1) is 25.9. The van der Waals surface area contributed by atoms with E-state index in [0.717, 1.165) is 68.0 Å². The Morgan fingerprint density at radius 2 is 1.70 bits per heavy atom. The Hall–Kier alpha value is -1.39. The minimum atomic E-state index is -0.256. The van der Waals surface area contributed by atoms with Crippen molar-refractivity contribution >= 4 is 5.97 Å². The molecule has 1 aromatic carbocycles. The lowest BCUT2D eigenvalue weighted by Gasteiger charge is -2.63. The fourth-order valence-electron chi connectivity index (χ4n) is 10.2. The second-order valence-electron chi connectivity index (χ2n) is 13.8. The average molecular weight is 509 g/mol. The zero-order valence-electron chi connectivity index (χ0n) is 23.4. The monoisotopic (exact) mass is 508 g/mol. The van der Waals surface area contributed by atoms with Crippen molar-refractivity contribution < 1.29 is 19.0 Å². The van der Waals surface area contributed by atoms with Crippen LogP contribution < -0.4 is 0 Å². The lowest BCUT2D eigenvalue weighted by molar-refractivity contribution is -0.235. The number of hydrogen-bond donors (Lipinski definition) is 0. The minimum absolute atomic E-state index is 0.190. The summed E-state index contributed by atoms with van der Waals surface area (Å²) in [5, 5.41) is 0. The maximum absolute atomic E-state index is 12.2. The van der Waals surface area contributed by atoms with Gasteiger partial charge in [0, 0.05) is 12.8 Å². The van der Waals surface area contributed by atoms with Crippen LogP contribution in [0.2, 0.25) is 0 Å². The molecule has 5 aliphatic rings. The molecular weight excluding hydrogens is 460 g/mol. The molecule has 1 aliphatic heterocycles. The molecule has 204 valence electrons. The molecule has 0 radical (unpaired) electrons. The van der Waals surface area contributed by atoms with E-state index in [0.29, 0.717) is 23.0 Å². The van der Waals surface area contributed by atoms with Crippen LogP contribution in [0, 0.1) is 46.3 Å². The molecule has 4 heteroatoms. The van der Waals surface area contributed by atoms with Gasteiger partial charge in [-0.2, -0.15) is 0 Å². The number of hydrogen-bond acceptors (Lipinski definition) is 4. The molecule has 4 unspecified atom stereocenters. The van der Waals surface area contributed by atoms with Gasteiger partial charge in [0.15, 0.2) is 5.79 Å². The molecule has 0 amide bonds. The number of fused-ring (bicyclic) bond motifs is 5. The molecule has 0 bridgehead atoms. The summed E-state index contributed by atoms with van der Waals surface area (Å²) in [6.07, 6.45) is 13.9. The Morgan fingerprint density at radius 1 is 0.946 bits per heavy atom. The number of unbranched alkanes of at least 4 members (excludes halogenated alkanes) is 1. The molecule has 37 heavy (non-hydrogen) atoms. The molecule has 6 rings (SSSR count). The number of rotatable bonds is 6. The first-order chi connectivity index (χ1) is 17.8. The average Bonchev–Trinajstić information content (AvgIpc) is 3.49. The summed E-state index contributed by atoms with van der Waals surface area (Å²) in [6.45, 7) is 9.98. The summed E-state index contributed by atoms with van der Waals surface area (Å²) >= 11 is 0. The fourth-order valence-corrected chi connectivity index (χ4v) is 10.2. The summed E-state index contributed by atoms with van der Waals surface area (Å²) in [5.41, 5.74) is 1.60. The number of ether oxygens (including phenoxy) is 3. The van der Waals surface area contributed by atoms with E-state index >= 15 is 0 Å². The van der Waals surface area contributed by atoms with Crippen LogP contribution in [-0.4, -0.2) is 31.6 Å². The summed E-state index contributed by atoms with van der Waals surface area (Å²) in [4.78, 5) is 12.2. The van der Waals surface area contributed by atoms with Gasteiger partial charge in [0.1, 0.15) is 0 Å². The van der Waals surface area contributed by atoms with E-state index in [2.05, 4.69) is 20.8 Å². The van der Waals surface area contributed by atoms with Crippen LogP contribution in [0.3, 0.4) is 0 Å². The molecule has 1 saturated heterocycles. The van der Waals surface area contributed by atoms with Gasteiger partial charge in [0.2, 0.25) is 0 Å².